The number of hydrogen-bond donors (Lipinski definition) is 0. The van der Waals surface area contributed by atoms with Gasteiger partial charge >= 0.3 is 11.9 Å². The summed E-state index contributed by atoms with van der Waals surface area (Å²) in [4.78, 5) is 37.5. The van der Waals surface area contributed by atoms with Crippen LogP contribution in [-0.4, -0.2) is 82.3 Å². The summed E-state index contributed by atoms with van der Waals surface area (Å²) in [5, 5.41) is 11.8. The zero-order valence-corrected chi connectivity index (χ0v) is 60.3. The van der Waals surface area contributed by atoms with Crippen molar-refractivity contribution in [3.05, 3.63) is 24.3 Å². The van der Waals surface area contributed by atoms with Gasteiger partial charge in [0.05, 0.1) is 40.3 Å². The summed E-state index contributed by atoms with van der Waals surface area (Å²) in [5.74, 6) is -2.26. The molecule has 0 radical (unpaired) electrons. The number of carbonyl (C=O) groups excluding carboxylic acids is 3. The van der Waals surface area contributed by atoms with Crippen molar-refractivity contribution in [2.75, 3.05) is 47.5 Å². The number of carboxylic acid groups (broad SMARTS) is 1. The van der Waals surface area contributed by atoms with E-state index in [4.69, 9.17) is 18.9 Å². The van der Waals surface area contributed by atoms with Gasteiger partial charge in [-0.05, 0) is 44.9 Å². The van der Waals surface area contributed by atoms with Crippen molar-refractivity contribution in [3.63, 3.8) is 0 Å². The Balaban J connectivity index is 3.90. The number of rotatable bonds is 75. The van der Waals surface area contributed by atoms with Crippen molar-refractivity contribution in [2.24, 2.45) is 0 Å². The molecule has 2 atom stereocenters. The van der Waals surface area contributed by atoms with Gasteiger partial charge < -0.3 is 33.3 Å². The second-order valence-corrected chi connectivity index (χ2v) is 28.4. The molecule has 0 saturated carbocycles. The predicted molar refractivity (Wildman–Crippen MR) is 380 cm³/mol. The van der Waals surface area contributed by atoms with Crippen LogP contribution in [0.2, 0.25) is 0 Å². The molecule has 0 N–H and O–H groups in total. The third-order valence-corrected chi connectivity index (χ3v) is 18.2. The van der Waals surface area contributed by atoms with Crippen LogP contribution in [0.4, 0.5) is 0 Å². The van der Waals surface area contributed by atoms with Gasteiger partial charge in [0.25, 0.3) is 0 Å². The normalized spacial score (nSPS) is 12.7. The van der Waals surface area contributed by atoms with Crippen LogP contribution in [0.1, 0.15) is 412 Å². The average Bonchev–Trinajstić information content (AvgIpc) is 3.64. The molecule has 0 heterocycles. The highest BCUT2D eigenvalue weighted by molar-refractivity contribution is 5.70. The highest BCUT2D eigenvalue weighted by Crippen LogP contribution is 2.20. The van der Waals surface area contributed by atoms with Gasteiger partial charge in [0.2, 0.25) is 0 Å². The van der Waals surface area contributed by atoms with E-state index in [1.165, 1.54) is 334 Å². The van der Waals surface area contributed by atoms with E-state index < -0.39 is 24.3 Å². The number of carbonyl (C=O) groups is 3. The van der Waals surface area contributed by atoms with E-state index in [1.807, 2.05) is 21.1 Å². The number of hydrogen-bond acceptors (Lipinski definition) is 8. The first-order chi connectivity index (χ1) is 43.6. The Morgan fingerprint density at radius 2 is 0.607 bits per heavy atom. The van der Waals surface area contributed by atoms with Crippen molar-refractivity contribution >= 4 is 17.9 Å². The second-order valence-electron chi connectivity index (χ2n) is 28.4. The fourth-order valence-corrected chi connectivity index (χ4v) is 12.2. The van der Waals surface area contributed by atoms with E-state index in [2.05, 4.69) is 38.2 Å². The molecule has 0 aromatic carbocycles. The number of likely N-dealkylation sites (N-methyl/N-ethyl adjacent to an activating group) is 1. The van der Waals surface area contributed by atoms with Crippen molar-refractivity contribution in [1.29, 1.82) is 0 Å². The summed E-state index contributed by atoms with van der Waals surface area (Å²) >= 11 is 0. The lowest BCUT2D eigenvalue weighted by Crippen LogP contribution is -2.44. The van der Waals surface area contributed by atoms with E-state index in [9.17, 15) is 19.5 Å². The molecule has 0 saturated heterocycles. The number of allylic oxidation sites excluding steroid dienone is 4. The van der Waals surface area contributed by atoms with Crippen LogP contribution < -0.4 is 5.11 Å². The molecule has 0 rings (SSSR count). The summed E-state index contributed by atoms with van der Waals surface area (Å²) in [5.41, 5.74) is 0. The molecule has 0 aliphatic carbocycles. The zero-order valence-electron chi connectivity index (χ0n) is 60.3. The molecule has 2 unspecified atom stereocenters. The number of unbranched alkanes of at least 4 members (excludes halogenated alkanes) is 56. The van der Waals surface area contributed by atoms with Gasteiger partial charge in [-0.3, -0.25) is 9.59 Å². The third kappa shape index (κ3) is 73.1. The standard InChI is InChI=1S/C80H153NO8/c1-6-8-10-12-14-16-18-20-22-24-26-28-30-31-32-33-34-35-36-37-38-39-40-41-42-43-44-45-46-47-49-50-52-54-56-58-60-62-64-66-68-70-77(82)87-74-76(75-88-80(79(84)85)86-73-72-81(3,4)5)89-78(83)71-69-67-65-63-61-59-57-55-53-51-48-29-27-25-23-21-19-17-15-13-11-9-7-2/h19,21,25,27,76,80H,6-18,20,22-24,26,28-75H2,1-5H3/b21-19-,27-25-. The highest BCUT2D eigenvalue weighted by Gasteiger charge is 2.22. The topological polar surface area (TPSA) is 111 Å². The van der Waals surface area contributed by atoms with Crippen LogP contribution in [0.5, 0.6) is 0 Å². The van der Waals surface area contributed by atoms with Crippen molar-refractivity contribution in [2.45, 2.75) is 424 Å². The molecule has 9 heteroatoms. The molecule has 89 heavy (non-hydrogen) atoms. The van der Waals surface area contributed by atoms with Crippen molar-refractivity contribution < 1.29 is 42.9 Å². The average molecular weight is 1260 g/mol. The fraction of sp³-hybridized carbons (Fsp3) is 0.912. The van der Waals surface area contributed by atoms with Crippen LogP contribution >= 0.6 is 0 Å². The Morgan fingerprint density at radius 3 is 0.888 bits per heavy atom. The Hall–Kier alpha value is -2.23. The monoisotopic (exact) mass is 1260 g/mol. The summed E-state index contributed by atoms with van der Waals surface area (Å²) in [6, 6.07) is 0. The Morgan fingerprint density at radius 1 is 0.337 bits per heavy atom. The van der Waals surface area contributed by atoms with Crippen LogP contribution in [0, 0.1) is 0 Å². The van der Waals surface area contributed by atoms with Gasteiger partial charge in [0, 0.05) is 12.8 Å². The first-order valence-corrected chi connectivity index (χ1v) is 39.5. The lowest BCUT2D eigenvalue weighted by atomic mass is 10.0. The molecule has 0 aliphatic rings. The van der Waals surface area contributed by atoms with E-state index in [0.29, 0.717) is 23.9 Å². The number of esters is 2. The Bertz CT molecular complexity index is 1510. The number of aliphatic carboxylic acids is 1. The maximum absolute atomic E-state index is 12.9. The maximum atomic E-state index is 12.9. The maximum Gasteiger partial charge on any atom is 0.306 e. The molecule has 0 aromatic rings. The minimum absolute atomic E-state index is 0.150. The summed E-state index contributed by atoms with van der Waals surface area (Å²) in [7, 11) is 5.95. The quantitative estimate of drug-likeness (QED) is 0.0195. The molecular weight excluding hydrogens is 1100 g/mol. The van der Waals surface area contributed by atoms with Crippen molar-refractivity contribution in [3.8, 4) is 0 Å². The van der Waals surface area contributed by atoms with E-state index in [0.717, 1.165) is 44.9 Å². The molecule has 0 amide bonds. The molecule has 526 valence electrons. The van der Waals surface area contributed by atoms with Gasteiger partial charge in [-0.1, -0.05) is 378 Å². The molecule has 0 fully saturated rings. The molecular formula is C80H153NO8. The lowest BCUT2D eigenvalue weighted by Gasteiger charge is -2.26. The van der Waals surface area contributed by atoms with Crippen LogP contribution in [0.15, 0.2) is 24.3 Å². The number of carboxylic acids is 1. The minimum atomic E-state index is -1.62. The SMILES string of the molecule is CCCCCCC/C=C\C/C=C\CCCCCCCCCCCCCC(=O)OC(COC(=O)CCCCCCCCCCCCCCCCCCCCCCCCCCCCCCCCCCCCCCCCCCC)COC(OCC[N+](C)(C)C)C(=O)[O-]. The number of nitrogens with zero attached hydrogens (tertiary/aromatic N) is 1. The second kappa shape index (κ2) is 71.6. The fourth-order valence-electron chi connectivity index (χ4n) is 12.2. The molecule has 0 spiro atoms. The highest BCUT2D eigenvalue weighted by atomic mass is 16.7. The van der Waals surface area contributed by atoms with E-state index in [-0.39, 0.29) is 32.2 Å². The van der Waals surface area contributed by atoms with Gasteiger partial charge in [-0.25, -0.2) is 0 Å². The largest absolute Gasteiger partial charge is 0.545 e. The van der Waals surface area contributed by atoms with Crippen LogP contribution in [0.3, 0.4) is 0 Å². The van der Waals surface area contributed by atoms with Crippen LogP contribution in [0.25, 0.3) is 0 Å². The first kappa shape index (κ1) is 86.8. The van der Waals surface area contributed by atoms with Crippen molar-refractivity contribution in [1.82, 2.24) is 0 Å². The van der Waals surface area contributed by atoms with Gasteiger partial charge in [-0.2, -0.15) is 0 Å². The summed E-state index contributed by atoms with van der Waals surface area (Å²) < 4.78 is 22.8. The van der Waals surface area contributed by atoms with Crippen LogP contribution in [-0.2, 0) is 33.3 Å². The summed E-state index contributed by atoms with van der Waals surface area (Å²) in [6.45, 7) is 4.81. The molecule has 9 nitrogen and oxygen atoms in total. The summed E-state index contributed by atoms with van der Waals surface area (Å²) in [6.07, 6.45) is 87.5. The van der Waals surface area contributed by atoms with E-state index in [1.54, 1.807) is 0 Å². The zero-order chi connectivity index (χ0) is 64.7. The lowest BCUT2D eigenvalue weighted by molar-refractivity contribution is -0.870. The molecule has 0 aliphatic heterocycles. The first-order valence-electron chi connectivity index (χ1n) is 39.5. The third-order valence-electron chi connectivity index (χ3n) is 18.2. The van der Waals surface area contributed by atoms with Gasteiger partial charge in [0.1, 0.15) is 13.2 Å². The minimum Gasteiger partial charge on any atom is -0.545 e. The number of ether oxygens (including phenoxy) is 4. The van der Waals surface area contributed by atoms with Gasteiger partial charge in [-0.15, -0.1) is 0 Å². The Kier molecular flexibility index (Phi) is 69.8. The predicted octanol–water partition coefficient (Wildman–Crippen LogP) is 23.6. The molecule has 0 aromatic heterocycles. The van der Waals surface area contributed by atoms with E-state index >= 15 is 0 Å². The number of quaternary nitrogens is 1. The van der Waals surface area contributed by atoms with Gasteiger partial charge in [0.15, 0.2) is 12.4 Å². The molecule has 0 bridgehead atoms. The Labute approximate surface area is 554 Å². The smallest absolute Gasteiger partial charge is 0.306 e.